The van der Waals surface area contributed by atoms with Crippen molar-refractivity contribution < 1.29 is 33.4 Å². The number of ether oxygens (including phenoxy) is 3. The maximum Gasteiger partial charge on any atom is 0.421 e. The van der Waals surface area contributed by atoms with Gasteiger partial charge in [0.15, 0.2) is 5.76 Å². The van der Waals surface area contributed by atoms with E-state index in [1.807, 2.05) is 45.3 Å². The van der Waals surface area contributed by atoms with E-state index in [1.165, 1.54) is 19.4 Å². The van der Waals surface area contributed by atoms with E-state index in [-0.39, 0.29) is 11.9 Å². The fourth-order valence-electron chi connectivity index (χ4n) is 3.61. The van der Waals surface area contributed by atoms with E-state index in [1.54, 1.807) is 37.3 Å². The van der Waals surface area contributed by atoms with Crippen LogP contribution in [0.1, 0.15) is 60.3 Å². The summed E-state index contributed by atoms with van der Waals surface area (Å²) < 4.78 is 15.5. The molecule has 0 aromatic carbocycles. The normalized spacial score (nSPS) is 18.0. The molecule has 12 heteroatoms. The Bertz CT molecular complexity index is 1130. The predicted molar refractivity (Wildman–Crippen MR) is 161 cm³/mol. The number of methoxy groups -OCH3 is 1. The number of amides is 3. The van der Waals surface area contributed by atoms with Gasteiger partial charge >= 0.3 is 12.1 Å². The topological polar surface area (TPSA) is 158 Å². The minimum absolute atomic E-state index is 0.221. The van der Waals surface area contributed by atoms with E-state index in [4.69, 9.17) is 31.7 Å². The minimum Gasteiger partial charge on any atom is -0.490 e. The average Bonchev–Trinajstić information content (AvgIpc) is 2.92. The van der Waals surface area contributed by atoms with Gasteiger partial charge in [0.1, 0.15) is 18.2 Å². The van der Waals surface area contributed by atoms with Crippen molar-refractivity contribution in [2.45, 2.75) is 78.6 Å². The molecule has 0 radical (unpaired) electrons. The van der Waals surface area contributed by atoms with E-state index in [0.717, 1.165) is 5.57 Å². The smallest absolute Gasteiger partial charge is 0.421 e. The van der Waals surface area contributed by atoms with E-state index >= 15 is 0 Å². The number of hydrogen-bond donors (Lipinski definition) is 4. The molecule has 0 aliphatic carbocycles. The highest BCUT2D eigenvalue weighted by Gasteiger charge is 2.32. The standard InChI is InChI=1S/C30H43ClN4O7/c1-20(13-15-23-17-18-24(40-6)28(38)41-23)10-7-8-12-25(36)34-26(30(3,4)5)27(37)33-19-9-11-22(16-14-21(2)31)42-29(39)35-32/h7-10,12-14,18-19,22-23,26H,11,15-17,32H2,1-6H3,(H,33,37)(H,34,36)(H,35,39)/b10-7+,12-8+,19-9-,20-13+,21-14+. The van der Waals surface area contributed by atoms with Gasteiger partial charge in [0.05, 0.1) is 7.11 Å². The summed E-state index contributed by atoms with van der Waals surface area (Å²) in [5, 5.41) is 5.97. The number of rotatable bonds is 14. The first-order valence-electron chi connectivity index (χ1n) is 13.5. The van der Waals surface area contributed by atoms with Gasteiger partial charge in [-0.15, -0.1) is 0 Å². The quantitative estimate of drug-likeness (QED) is 0.0568. The monoisotopic (exact) mass is 606 g/mol. The van der Waals surface area contributed by atoms with E-state index in [9.17, 15) is 19.2 Å². The summed E-state index contributed by atoms with van der Waals surface area (Å²) in [6.07, 6.45) is 15.1. The third-order valence-electron chi connectivity index (χ3n) is 5.89. The first-order valence-corrected chi connectivity index (χ1v) is 13.9. The van der Waals surface area contributed by atoms with Crippen LogP contribution >= 0.6 is 11.6 Å². The van der Waals surface area contributed by atoms with Crippen LogP contribution in [0.15, 0.2) is 71.2 Å². The zero-order valence-corrected chi connectivity index (χ0v) is 25.8. The molecule has 11 nitrogen and oxygen atoms in total. The molecule has 5 N–H and O–H groups in total. The maximum atomic E-state index is 12.9. The fraction of sp³-hybridized carbons (Fsp3) is 0.467. The van der Waals surface area contributed by atoms with Gasteiger partial charge in [0.25, 0.3) is 0 Å². The van der Waals surface area contributed by atoms with Gasteiger partial charge in [-0.1, -0.05) is 74.4 Å². The Labute approximate surface area is 252 Å². The molecule has 3 unspecified atom stereocenters. The summed E-state index contributed by atoms with van der Waals surface area (Å²) in [6.45, 7) is 9.12. The first kappa shape index (κ1) is 36.2. The van der Waals surface area contributed by atoms with Crippen LogP contribution in [-0.2, 0) is 28.6 Å². The summed E-state index contributed by atoms with van der Waals surface area (Å²) in [5.41, 5.74) is 2.26. The average molecular weight is 607 g/mol. The Balaban J connectivity index is 2.66. The van der Waals surface area contributed by atoms with Crippen molar-refractivity contribution in [3.8, 4) is 0 Å². The molecule has 0 aromatic heterocycles. The summed E-state index contributed by atoms with van der Waals surface area (Å²) in [7, 11) is 1.43. The van der Waals surface area contributed by atoms with Gasteiger partial charge in [0.2, 0.25) is 11.8 Å². The molecule has 1 rings (SSSR count). The molecule has 3 amide bonds. The van der Waals surface area contributed by atoms with Gasteiger partial charge in [-0.05, 0) is 31.5 Å². The second kappa shape index (κ2) is 18.6. The number of allylic oxidation sites excluding steroid dienone is 5. The summed E-state index contributed by atoms with van der Waals surface area (Å²) in [5.74, 6) is 4.00. The van der Waals surface area contributed by atoms with Crippen LogP contribution in [0.2, 0.25) is 0 Å². The highest BCUT2D eigenvalue weighted by atomic mass is 35.5. The zero-order valence-electron chi connectivity index (χ0n) is 25.1. The predicted octanol–water partition coefficient (Wildman–Crippen LogP) is 4.33. The summed E-state index contributed by atoms with van der Waals surface area (Å²) >= 11 is 5.86. The summed E-state index contributed by atoms with van der Waals surface area (Å²) in [4.78, 5) is 48.7. The lowest BCUT2D eigenvalue weighted by Crippen LogP contribution is -2.52. The van der Waals surface area contributed by atoms with Crippen LogP contribution in [0.4, 0.5) is 4.79 Å². The molecule has 1 aliphatic rings. The van der Waals surface area contributed by atoms with Gasteiger partial charge in [-0.25, -0.2) is 15.4 Å². The van der Waals surface area contributed by atoms with Gasteiger partial charge in [-0.2, -0.15) is 0 Å². The van der Waals surface area contributed by atoms with Crippen LogP contribution in [0.3, 0.4) is 0 Å². The molecule has 0 saturated heterocycles. The highest BCUT2D eigenvalue weighted by Crippen LogP contribution is 2.20. The van der Waals surface area contributed by atoms with Crippen LogP contribution in [0.5, 0.6) is 0 Å². The molecule has 0 bridgehead atoms. The number of hydrogen-bond acceptors (Lipinski definition) is 8. The molecular formula is C30H43ClN4O7. The summed E-state index contributed by atoms with van der Waals surface area (Å²) in [6, 6.07) is -0.826. The fourth-order valence-corrected chi connectivity index (χ4v) is 3.70. The lowest BCUT2D eigenvalue weighted by atomic mass is 9.86. The zero-order chi connectivity index (χ0) is 31.7. The molecule has 1 aliphatic heterocycles. The van der Waals surface area contributed by atoms with Crippen molar-refractivity contribution in [1.29, 1.82) is 0 Å². The molecule has 0 spiro atoms. The largest absolute Gasteiger partial charge is 0.490 e. The number of cyclic esters (lactones) is 1. The number of esters is 1. The Morgan fingerprint density at radius 1 is 1.17 bits per heavy atom. The van der Waals surface area contributed by atoms with Crippen LogP contribution < -0.4 is 21.9 Å². The van der Waals surface area contributed by atoms with Crippen molar-refractivity contribution in [3.63, 3.8) is 0 Å². The van der Waals surface area contributed by atoms with Crippen molar-refractivity contribution in [1.82, 2.24) is 16.1 Å². The van der Waals surface area contributed by atoms with E-state index < -0.39 is 41.4 Å². The first-order chi connectivity index (χ1) is 19.8. The second-order valence-corrected chi connectivity index (χ2v) is 11.2. The van der Waals surface area contributed by atoms with E-state index in [2.05, 4.69) is 10.6 Å². The van der Waals surface area contributed by atoms with Gasteiger partial charge in [-0.3, -0.25) is 15.0 Å². The van der Waals surface area contributed by atoms with Gasteiger partial charge < -0.3 is 24.8 Å². The Kier molecular flexibility index (Phi) is 16.0. The third kappa shape index (κ3) is 14.7. The van der Waals surface area contributed by atoms with Crippen molar-refractivity contribution in [3.05, 3.63) is 71.2 Å². The Hall–Kier alpha value is -3.83. The van der Waals surface area contributed by atoms with Crippen molar-refractivity contribution in [2.75, 3.05) is 7.11 Å². The maximum absolute atomic E-state index is 12.9. The number of hydrazine groups is 1. The molecular weight excluding hydrogens is 564 g/mol. The minimum atomic E-state index is -0.826. The van der Waals surface area contributed by atoms with Crippen molar-refractivity contribution >= 4 is 35.5 Å². The molecule has 1 heterocycles. The van der Waals surface area contributed by atoms with E-state index in [0.29, 0.717) is 30.7 Å². The second-order valence-electron chi connectivity index (χ2n) is 10.6. The number of carbonyl (C=O) groups is 4. The SMILES string of the molecule is COC1=CCC(C/C=C(C)/C=C/C=C/C(=O)NC(C(=O)N/C=C\CC(C/C=C(\C)Cl)OC(=O)NN)C(C)(C)C)OC1=O. The number of carbonyl (C=O) groups excluding carboxylic acids is 4. The highest BCUT2D eigenvalue weighted by molar-refractivity contribution is 6.29. The number of halogens is 1. The number of nitrogens with two attached hydrogens (primary N) is 1. The molecule has 232 valence electrons. The lowest BCUT2D eigenvalue weighted by Gasteiger charge is -2.29. The Morgan fingerprint density at radius 2 is 1.86 bits per heavy atom. The lowest BCUT2D eigenvalue weighted by molar-refractivity contribution is -0.149. The number of nitrogens with one attached hydrogen (secondary N) is 3. The molecule has 0 saturated carbocycles. The molecule has 0 fully saturated rings. The molecule has 42 heavy (non-hydrogen) atoms. The molecule has 0 aromatic rings. The Morgan fingerprint density at radius 3 is 2.45 bits per heavy atom. The van der Waals surface area contributed by atoms with Crippen molar-refractivity contribution in [2.24, 2.45) is 11.3 Å². The molecule has 3 atom stereocenters. The van der Waals surface area contributed by atoms with Gasteiger partial charge in [0, 0.05) is 36.8 Å². The van der Waals surface area contributed by atoms with Crippen LogP contribution in [0.25, 0.3) is 0 Å². The van der Waals surface area contributed by atoms with Crippen LogP contribution in [0, 0.1) is 5.41 Å². The van der Waals surface area contributed by atoms with Crippen LogP contribution in [-0.4, -0.2) is 49.2 Å². The third-order valence-corrected chi connectivity index (χ3v) is 6.05.